The van der Waals surface area contributed by atoms with Gasteiger partial charge in [0.25, 0.3) is 0 Å². The first-order chi connectivity index (χ1) is 10.6. The zero-order valence-electron chi connectivity index (χ0n) is 15.1. The first-order valence-electron chi connectivity index (χ1n) is 9.04. The zero-order chi connectivity index (χ0) is 16.6. The fraction of sp³-hybridized carbons (Fsp3) is 0.944. The third-order valence-electron chi connectivity index (χ3n) is 3.52. The predicted octanol–water partition coefficient (Wildman–Crippen LogP) is 4.85. The Morgan fingerprint density at radius 2 is 1.41 bits per heavy atom. The molecular weight excluding hydrogens is 280 g/mol. The van der Waals surface area contributed by atoms with Crippen molar-refractivity contribution in [1.82, 2.24) is 0 Å². The molecule has 0 aromatic rings. The van der Waals surface area contributed by atoms with Gasteiger partial charge in [-0.1, -0.05) is 33.6 Å². The number of hydrogen-bond donors (Lipinski definition) is 0. The van der Waals surface area contributed by atoms with Gasteiger partial charge in [-0.25, -0.2) is 0 Å². The molecule has 1 atom stereocenters. The minimum absolute atomic E-state index is 0.0377. The van der Waals surface area contributed by atoms with Gasteiger partial charge < -0.3 is 14.2 Å². The largest absolute Gasteiger partial charge is 0.463 e. The number of ether oxygens (including phenoxy) is 3. The lowest BCUT2D eigenvalue weighted by atomic mass is 10.1. The third-order valence-corrected chi connectivity index (χ3v) is 3.52. The van der Waals surface area contributed by atoms with E-state index in [-0.39, 0.29) is 18.4 Å². The van der Waals surface area contributed by atoms with Crippen LogP contribution in [-0.2, 0) is 19.0 Å². The molecule has 0 aliphatic heterocycles. The van der Waals surface area contributed by atoms with Gasteiger partial charge in [-0.05, 0) is 44.9 Å². The summed E-state index contributed by atoms with van der Waals surface area (Å²) in [6.45, 7) is 9.32. The van der Waals surface area contributed by atoms with Crippen LogP contribution in [0.4, 0.5) is 0 Å². The van der Waals surface area contributed by atoms with Crippen LogP contribution in [0.25, 0.3) is 0 Å². The van der Waals surface area contributed by atoms with Crippen LogP contribution in [0.3, 0.4) is 0 Å². The molecular formula is C18H36O4. The highest BCUT2D eigenvalue weighted by Crippen LogP contribution is 2.14. The summed E-state index contributed by atoms with van der Waals surface area (Å²) >= 11 is 0. The van der Waals surface area contributed by atoms with E-state index < -0.39 is 0 Å². The molecule has 0 N–H and O–H groups in total. The summed E-state index contributed by atoms with van der Waals surface area (Å²) in [5.41, 5.74) is 0. The van der Waals surface area contributed by atoms with Gasteiger partial charge in [0, 0.05) is 20.1 Å². The highest BCUT2D eigenvalue weighted by Gasteiger charge is 2.10. The maximum Gasteiger partial charge on any atom is 0.302 e. The standard InChI is InChI=1S/C18H36O4/c1-5-14-20-18(21-15-6-2)13-11-9-8-10-12-17(7-3)22-16(4)19/h17-18H,5-15H2,1-4H3. The van der Waals surface area contributed by atoms with Crippen molar-refractivity contribution in [3.05, 3.63) is 0 Å². The molecule has 0 aliphatic rings. The van der Waals surface area contributed by atoms with Crippen molar-refractivity contribution < 1.29 is 19.0 Å². The van der Waals surface area contributed by atoms with Crippen molar-refractivity contribution >= 4 is 5.97 Å². The van der Waals surface area contributed by atoms with E-state index in [4.69, 9.17) is 14.2 Å². The van der Waals surface area contributed by atoms with E-state index in [1.165, 1.54) is 19.8 Å². The van der Waals surface area contributed by atoms with Crippen molar-refractivity contribution in [2.75, 3.05) is 13.2 Å². The first kappa shape index (κ1) is 21.4. The number of hydrogen-bond acceptors (Lipinski definition) is 4. The topological polar surface area (TPSA) is 44.8 Å². The lowest BCUT2D eigenvalue weighted by Gasteiger charge is -2.18. The highest BCUT2D eigenvalue weighted by atomic mass is 16.7. The van der Waals surface area contributed by atoms with E-state index in [0.29, 0.717) is 0 Å². The van der Waals surface area contributed by atoms with Crippen molar-refractivity contribution in [3.8, 4) is 0 Å². The van der Waals surface area contributed by atoms with Crippen LogP contribution in [0.15, 0.2) is 0 Å². The minimum atomic E-state index is -0.171. The fourth-order valence-electron chi connectivity index (χ4n) is 2.33. The van der Waals surface area contributed by atoms with E-state index in [2.05, 4.69) is 20.8 Å². The van der Waals surface area contributed by atoms with Gasteiger partial charge in [0.2, 0.25) is 0 Å². The van der Waals surface area contributed by atoms with E-state index in [1.807, 2.05) is 0 Å². The summed E-state index contributed by atoms with van der Waals surface area (Å²) in [6.07, 6.45) is 9.54. The Balaban J connectivity index is 3.67. The molecule has 0 heterocycles. The Labute approximate surface area is 136 Å². The van der Waals surface area contributed by atoms with Gasteiger partial charge in [0.1, 0.15) is 6.10 Å². The summed E-state index contributed by atoms with van der Waals surface area (Å²) in [5, 5.41) is 0. The van der Waals surface area contributed by atoms with Crippen LogP contribution >= 0.6 is 0 Å². The lowest BCUT2D eigenvalue weighted by molar-refractivity contribution is -0.147. The molecule has 0 aromatic carbocycles. The molecule has 0 aliphatic carbocycles. The maximum atomic E-state index is 10.9. The van der Waals surface area contributed by atoms with Gasteiger partial charge in [-0.15, -0.1) is 0 Å². The predicted molar refractivity (Wildman–Crippen MR) is 89.8 cm³/mol. The van der Waals surface area contributed by atoms with Crippen LogP contribution < -0.4 is 0 Å². The Morgan fingerprint density at radius 1 is 0.864 bits per heavy atom. The summed E-state index contributed by atoms with van der Waals surface area (Å²) in [6, 6.07) is 0. The Hall–Kier alpha value is -0.610. The summed E-state index contributed by atoms with van der Waals surface area (Å²) in [7, 11) is 0. The number of unbranched alkanes of at least 4 members (excludes halogenated alkanes) is 3. The number of carbonyl (C=O) groups is 1. The van der Waals surface area contributed by atoms with Crippen LogP contribution in [0.5, 0.6) is 0 Å². The van der Waals surface area contributed by atoms with Crippen LogP contribution in [-0.4, -0.2) is 31.6 Å². The molecule has 0 amide bonds. The Bertz CT molecular complexity index is 247. The smallest absolute Gasteiger partial charge is 0.302 e. The maximum absolute atomic E-state index is 10.9. The second-order valence-electron chi connectivity index (χ2n) is 5.80. The molecule has 0 aromatic heterocycles. The quantitative estimate of drug-likeness (QED) is 0.246. The fourth-order valence-corrected chi connectivity index (χ4v) is 2.33. The van der Waals surface area contributed by atoms with Crippen molar-refractivity contribution in [2.24, 2.45) is 0 Å². The molecule has 22 heavy (non-hydrogen) atoms. The average Bonchev–Trinajstić information content (AvgIpc) is 2.50. The van der Waals surface area contributed by atoms with E-state index in [0.717, 1.165) is 58.2 Å². The number of esters is 1. The average molecular weight is 316 g/mol. The van der Waals surface area contributed by atoms with Crippen LogP contribution in [0.2, 0.25) is 0 Å². The van der Waals surface area contributed by atoms with Crippen LogP contribution in [0.1, 0.15) is 85.5 Å². The molecule has 0 saturated carbocycles. The molecule has 0 spiro atoms. The first-order valence-corrected chi connectivity index (χ1v) is 9.04. The van der Waals surface area contributed by atoms with Gasteiger partial charge in [-0.3, -0.25) is 4.79 Å². The van der Waals surface area contributed by atoms with E-state index >= 15 is 0 Å². The van der Waals surface area contributed by atoms with Crippen molar-refractivity contribution in [1.29, 1.82) is 0 Å². The van der Waals surface area contributed by atoms with Gasteiger partial charge in [-0.2, -0.15) is 0 Å². The summed E-state index contributed by atoms with van der Waals surface area (Å²) < 4.78 is 16.7. The molecule has 0 saturated heterocycles. The molecule has 4 heteroatoms. The van der Waals surface area contributed by atoms with E-state index in [1.54, 1.807) is 0 Å². The molecule has 0 fully saturated rings. The van der Waals surface area contributed by atoms with Gasteiger partial charge >= 0.3 is 5.97 Å². The molecule has 0 radical (unpaired) electrons. The Kier molecular flexibility index (Phi) is 14.9. The second kappa shape index (κ2) is 15.3. The molecule has 132 valence electrons. The van der Waals surface area contributed by atoms with Crippen LogP contribution in [0, 0.1) is 0 Å². The zero-order valence-corrected chi connectivity index (χ0v) is 15.1. The second-order valence-corrected chi connectivity index (χ2v) is 5.80. The Morgan fingerprint density at radius 3 is 1.86 bits per heavy atom. The summed E-state index contributed by atoms with van der Waals surface area (Å²) in [4.78, 5) is 10.9. The van der Waals surface area contributed by atoms with E-state index in [9.17, 15) is 4.79 Å². The van der Waals surface area contributed by atoms with Gasteiger partial charge in [0.15, 0.2) is 6.29 Å². The molecule has 0 bridgehead atoms. The van der Waals surface area contributed by atoms with Crippen molar-refractivity contribution in [3.63, 3.8) is 0 Å². The lowest BCUT2D eigenvalue weighted by Crippen LogP contribution is -2.18. The van der Waals surface area contributed by atoms with Gasteiger partial charge in [0.05, 0.1) is 0 Å². The highest BCUT2D eigenvalue weighted by molar-refractivity contribution is 5.66. The molecule has 4 nitrogen and oxygen atoms in total. The monoisotopic (exact) mass is 316 g/mol. The number of carbonyl (C=O) groups excluding carboxylic acids is 1. The van der Waals surface area contributed by atoms with Crippen molar-refractivity contribution in [2.45, 2.75) is 97.9 Å². The normalized spacial score (nSPS) is 12.6. The molecule has 1 unspecified atom stereocenters. The number of rotatable bonds is 15. The SMILES string of the molecule is CCCOC(CCCCCCC(CC)OC(C)=O)OCCC. The minimum Gasteiger partial charge on any atom is -0.463 e. The summed E-state index contributed by atoms with van der Waals surface area (Å²) in [5.74, 6) is -0.171. The molecule has 0 rings (SSSR count). The third kappa shape index (κ3) is 13.1.